The summed E-state index contributed by atoms with van der Waals surface area (Å²) >= 11 is 0. The van der Waals surface area contributed by atoms with E-state index < -0.39 is 0 Å². The quantitative estimate of drug-likeness (QED) is 0.320. The Balaban J connectivity index is 1.24. The second-order valence-corrected chi connectivity index (χ2v) is 10.3. The van der Waals surface area contributed by atoms with E-state index in [4.69, 9.17) is 4.74 Å². The van der Waals surface area contributed by atoms with E-state index in [9.17, 15) is 10.1 Å². The van der Waals surface area contributed by atoms with Gasteiger partial charge in [0.2, 0.25) is 5.91 Å². The summed E-state index contributed by atoms with van der Waals surface area (Å²) < 4.78 is 9.21. The molecular weight excluding hydrogens is 504 g/mol. The molecule has 0 N–H and O–H groups in total. The van der Waals surface area contributed by atoms with Crippen LogP contribution in [0.25, 0.3) is 27.8 Å². The number of likely N-dealkylation sites (N-methyl/N-ethyl adjacent to an activating group) is 1. The number of anilines is 1. The zero-order valence-corrected chi connectivity index (χ0v) is 22.6. The number of nitriles is 1. The molecular formula is C30H32N8O2. The number of aromatic nitrogens is 4. The lowest BCUT2D eigenvalue weighted by molar-refractivity contribution is -0.127. The number of nitrogens with zero attached hydrogens (tertiary/aromatic N) is 8. The molecule has 3 aromatic heterocycles. The van der Waals surface area contributed by atoms with Gasteiger partial charge < -0.3 is 14.5 Å². The second kappa shape index (κ2) is 11.0. The predicted octanol–water partition coefficient (Wildman–Crippen LogP) is 2.90. The van der Waals surface area contributed by atoms with Crippen LogP contribution < -0.4 is 4.90 Å². The Labute approximate surface area is 233 Å². The molecule has 0 spiro atoms. The predicted molar refractivity (Wildman–Crippen MR) is 153 cm³/mol. The molecule has 6 rings (SSSR count). The number of rotatable bonds is 8. The van der Waals surface area contributed by atoms with Gasteiger partial charge in [-0.05, 0) is 29.8 Å². The first-order valence-corrected chi connectivity index (χ1v) is 13.5. The van der Waals surface area contributed by atoms with Crippen molar-refractivity contribution < 1.29 is 9.53 Å². The van der Waals surface area contributed by atoms with Crippen LogP contribution in [0, 0.1) is 11.3 Å². The Hall–Kier alpha value is -4.46. The number of hydrogen-bond acceptors (Lipinski definition) is 7. The number of morpholine rings is 1. The Kier molecular flexibility index (Phi) is 7.07. The molecule has 10 heteroatoms. The van der Waals surface area contributed by atoms with Gasteiger partial charge in [0.05, 0.1) is 49.3 Å². The molecule has 204 valence electrons. The van der Waals surface area contributed by atoms with E-state index in [1.54, 1.807) is 15.6 Å². The van der Waals surface area contributed by atoms with Crippen LogP contribution in [0.4, 0.5) is 5.69 Å². The first-order valence-electron chi connectivity index (χ1n) is 13.5. The fraction of sp³-hybridized carbons (Fsp3) is 0.333. The molecule has 10 nitrogen and oxygen atoms in total. The summed E-state index contributed by atoms with van der Waals surface area (Å²) in [7, 11) is 1.82. The summed E-state index contributed by atoms with van der Waals surface area (Å²) in [5, 5.41) is 18.9. The van der Waals surface area contributed by atoms with Crippen molar-refractivity contribution in [2.24, 2.45) is 0 Å². The molecule has 4 aromatic rings. The van der Waals surface area contributed by atoms with E-state index >= 15 is 0 Å². The lowest BCUT2D eigenvalue weighted by Crippen LogP contribution is -2.59. The van der Waals surface area contributed by atoms with Gasteiger partial charge in [-0.3, -0.25) is 14.4 Å². The Morgan fingerprint density at radius 1 is 1.10 bits per heavy atom. The third-order valence-electron chi connectivity index (χ3n) is 7.92. The second-order valence-electron chi connectivity index (χ2n) is 10.3. The highest BCUT2D eigenvalue weighted by molar-refractivity contribution is 5.88. The number of amides is 1. The normalized spacial score (nSPS) is 16.1. The number of pyridine rings is 1. The van der Waals surface area contributed by atoms with Gasteiger partial charge in [0.1, 0.15) is 6.07 Å². The molecule has 2 saturated heterocycles. The third kappa shape index (κ3) is 4.97. The SMILES string of the molecule is C=CC(=O)N(C)C1CN(c2ccc(-c3cc(-c4cnn(CCN5CCOCC5)c4)cn4ncc(C#N)c34)cc2)C1. The van der Waals surface area contributed by atoms with Gasteiger partial charge in [-0.2, -0.15) is 15.5 Å². The highest BCUT2D eigenvalue weighted by atomic mass is 16.5. The molecule has 40 heavy (non-hydrogen) atoms. The third-order valence-corrected chi connectivity index (χ3v) is 7.92. The molecule has 0 atom stereocenters. The zero-order chi connectivity index (χ0) is 27.6. The standard InChI is InChI=1S/C30H32N8O2/c1-3-29(39)34(2)27-20-36(21-27)26-6-4-22(5-7-26)28-14-23(19-38-30(28)24(15-31)16-33-38)25-17-32-37(18-25)9-8-35-10-12-40-13-11-35/h3-7,14,16-19,27H,1,8-13,20-21H2,2H3. The topological polar surface area (TPSA) is 94.9 Å². The average molecular weight is 537 g/mol. The van der Waals surface area contributed by atoms with Crippen molar-refractivity contribution in [2.75, 3.05) is 57.9 Å². The van der Waals surface area contributed by atoms with Gasteiger partial charge >= 0.3 is 0 Å². The molecule has 1 aromatic carbocycles. The monoisotopic (exact) mass is 536 g/mol. The maximum Gasteiger partial charge on any atom is 0.246 e. The van der Waals surface area contributed by atoms with Crippen molar-refractivity contribution in [1.82, 2.24) is 29.2 Å². The zero-order valence-electron chi connectivity index (χ0n) is 22.6. The van der Waals surface area contributed by atoms with Crippen LogP contribution in [0.15, 0.2) is 67.8 Å². The Morgan fingerprint density at radius 3 is 2.60 bits per heavy atom. The lowest BCUT2D eigenvalue weighted by Gasteiger charge is -2.45. The minimum absolute atomic E-state index is 0.0550. The molecule has 0 aliphatic carbocycles. The van der Waals surface area contributed by atoms with Crippen LogP contribution in [0.5, 0.6) is 0 Å². The molecule has 0 radical (unpaired) electrons. The van der Waals surface area contributed by atoms with E-state index in [2.05, 4.69) is 69.2 Å². The van der Waals surface area contributed by atoms with Crippen molar-refractivity contribution in [3.05, 3.63) is 73.3 Å². The Bertz CT molecular complexity index is 1570. The largest absolute Gasteiger partial charge is 0.379 e. The highest BCUT2D eigenvalue weighted by Crippen LogP contribution is 2.34. The first kappa shape index (κ1) is 25.8. The summed E-state index contributed by atoms with van der Waals surface area (Å²) in [4.78, 5) is 18.3. The minimum Gasteiger partial charge on any atom is -0.379 e. The average Bonchev–Trinajstić information content (AvgIpc) is 3.62. The summed E-state index contributed by atoms with van der Waals surface area (Å²) in [6, 6.07) is 12.9. The fourth-order valence-corrected chi connectivity index (χ4v) is 5.37. The van der Waals surface area contributed by atoms with Crippen molar-refractivity contribution in [3.63, 3.8) is 0 Å². The first-order chi connectivity index (χ1) is 19.5. The maximum atomic E-state index is 11.9. The number of ether oxygens (including phenoxy) is 1. The van der Waals surface area contributed by atoms with Crippen LogP contribution in [-0.4, -0.2) is 94.1 Å². The van der Waals surface area contributed by atoms with Crippen LogP contribution in [-0.2, 0) is 16.1 Å². The van der Waals surface area contributed by atoms with Gasteiger partial charge in [0, 0.05) is 74.5 Å². The highest BCUT2D eigenvalue weighted by Gasteiger charge is 2.31. The Morgan fingerprint density at radius 2 is 1.88 bits per heavy atom. The van der Waals surface area contributed by atoms with Crippen LogP contribution in [0.2, 0.25) is 0 Å². The van der Waals surface area contributed by atoms with Gasteiger partial charge in [-0.25, -0.2) is 4.52 Å². The summed E-state index contributed by atoms with van der Waals surface area (Å²) in [6.45, 7) is 10.4. The lowest BCUT2D eigenvalue weighted by atomic mass is 9.99. The molecule has 0 unspecified atom stereocenters. The van der Waals surface area contributed by atoms with Gasteiger partial charge in [-0.15, -0.1) is 0 Å². The fourth-order valence-electron chi connectivity index (χ4n) is 5.37. The van der Waals surface area contributed by atoms with Gasteiger partial charge in [0.25, 0.3) is 0 Å². The molecule has 0 saturated carbocycles. The number of benzene rings is 1. The van der Waals surface area contributed by atoms with Gasteiger partial charge in [-0.1, -0.05) is 18.7 Å². The molecule has 2 aliphatic rings. The summed E-state index contributed by atoms with van der Waals surface area (Å²) in [5.41, 5.74) is 6.35. The van der Waals surface area contributed by atoms with Crippen molar-refractivity contribution in [2.45, 2.75) is 12.6 Å². The minimum atomic E-state index is -0.0550. The molecule has 5 heterocycles. The van der Waals surface area contributed by atoms with E-state index in [1.165, 1.54) is 6.08 Å². The van der Waals surface area contributed by atoms with Crippen molar-refractivity contribution >= 4 is 17.1 Å². The van der Waals surface area contributed by atoms with Crippen LogP contribution in [0.1, 0.15) is 5.56 Å². The molecule has 1 amide bonds. The number of fused-ring (bicyclic) bond motifs is 1. The number of hydrogen-bond donors (Lipinski definition) is 0. The molecule has 2 aliphatic heterocycles. The molecule has 0 bridgehead atoms. The van der Waals surface area contributed by atoms with Crippen molar-refractivity contribution in [3.8, 4) is 28.3 Å². The van der Waals surface area contributed by atoms with Gasteiger partial charge in [0.15, 0.2) is 0 Å². The summed E-state index contributed by atoms with van der Waals surface area (Å²) in [6.07, 6.45) is 8.88. The van der Waals surface area contributed by atoms with Crippen LogP contribution in [0.3, 0.4) is 0 Å². The van der Waals surface area contributed by atoms with E-state index in [1.807, 2.05) is 24.1 Å². The molecule has 2 fully saturated rings. The maximum absolute atomic E-state index is 11.9. The van der Waals surface area contributed by atoms with E-state index in [-0.39, 0.29) is 11.9 Å². The van der Waals surface area contributed by atoms with E-state index in [0.29, 0.717) is 5.56 Å². The van der Waals surface area contributed by atoms with Crippen LogP contribution >= 0.6 is 0 Å². The van der Waals surface area contributed by atoms with E-state index in [0.717, 1.165) is 85.9 Å². The number of carbonyl (C=O) groups is 1. The van der Waals surface area contributed by atoms with Crippen molar-refractivity contribution in [1.29, 1.82) is 5.26 Å². The summed E-state index contributed by atoms with van der Waals surface area (Å²) in [5.74, 6) is -0.0550. The smallest absolute Gasteiger partial charge is 0.246 e. The number of carbonyl (C=O) groups excluding carboxylic acids is 1.